The summed E-state index contributed by atoms with van der Waals surface area (Å²) in [5.74, 6) is -0.408. The molecule has 0 radical (unpaired) electrons. The quantitative estimate of drug-likeness (QED) is 0.341. The smallest absolute Gasteiger partial charge is 0.320 e. The topological polar surface area (TPSA) is 183 Å². The first kappa shape index (κ1) is 19.8. The van der Waals surface area contributed by atoms with Gasteiger partial charge in [-0.1, -0.05) is 0 Å². The SMILES string of the molecule is C[S+](CCC(N)C(=O)O)[C@@H](O)[C@H]1O[C@@H](n2cnc3c(N)ncnc32)C[C@@H]1O. The number of hydrogen-bond donors (Lipinski definition) is 5. The molecule has 1 aliphatic heterocycles. The van der Waals surface area contributed by atoms with Gasteiger partial charge in [-0.15, -0.1) is 0 Å². The summed E-state index contributed by atoms with van der Waals surface area (Å²) in [6.45, 7) is 0. The van der Waals surface area contributed by atoms with Crippen molar-refractivity contribution in [1.29, 1.82) is 0 Å². The van der Waals surface area contributed by atoms with E-state index in [1.807, 2.05) is 0 Å². The molecule has 0 amide bonds. The standard InChI is InChI=1S/C15H22N6O5S/c1-27(3-2-7(16)14(23)24)15(25)11-8(22)4-9(26-11)21-6-20-10-12(17)18-5-19-13(10)21/h5-9,11,15,22,25H,2-4,16H2,1H3,(H2-,17,18,19,23,24)/p+1/t7?,8-,9+,11-,15+,27?/m0/s1. The van der Waals surface area contributed by atoms with E-state index in [1.54, 1.807) is 10.8 Å². The predicted molar refractivity (Wildman–Crippen MR) is 98.7 cm³/mol. The Balaban J connectivity index is 1.68. The van der Waals surface area contributed by atoms with Crippen molar-refractivity contribution in [3.8, 4) is 0 Å². The Morgan fingerprint density at radius 1 is 1.48 bits per heavy atom. The number of hydrogen-bond acceptors (Lipinski definition) is 9. The van der Waals surface area contributed by atoms with Gasteiger partial charge in [-0.2, -0.15) is 0 Å². The minimum atomic E-state index is -1.08. The molecule has 2 aromatic heterocycles. The van der Waals surface area contributed by atoms with Gasteiger partial charge in [-0.05, 0) is 0 Å². The summed E-state index contributed by atoms with van der Waals surface area (Å²) >= 11 is 0. The second-order valence-electron chi connectivity index (χ2n) is 6.46. The van der Waals surface area contributed by atoms with Crippen LogP contribution in [0.25, 0.3) is 11.2 Å². The van der Waals surface area contributed by atoms with Gasteiger partial charge in [0.15, 0.2) is 17.6 Å². The lowest BCUT2D eigenvalue weighted by molar-refractivity contribution is -0.138. The summed E-state index contributed by atoms with van der Waals surface area (Å²) in [4.78, 5) is 23.0. The molecule has 12 heteroatoms. The average molecular weight is 399 g/mol. The Hall–Kier alpha value is -1.99. The second-order valence-corrected chi connectivity index (χ2v) is 8.73. The predicted octanol–water partition coefficient (Wildman–Crippen LogP) is -1.57. The highest BCUT2D eigenvalue weighted by Crippen LogP contribution is 2.34. The maximum atomic E-state index is 10.8. The van der Waals surface area contributed by atoms with E-state index in [1.165, 1.54) is 12.7 Å². The number of ether oxygens (including phenoxy) is 1. The van der Waals surface area contributed by atoms with E-state index in [2.05, 4.69) is 15.0 Å². The van der Waals surface area contributed by atoms with Crippen LogP contribution in [-0.4, -0.2) is 76.5 Å². The number of carboxylic acids is 1. The molecule has 3 rings (SSSR count). The second kappa shape index (κ2) is 7.94. The molecule has 0 saturated carbocycles. The van der Waals surface area contributed by atoms with Crippen molar-refractivity contribution in [2.24, 2.45) is 5.73 Å². The molecule has 148 valence electrons. The van der Waals surface area contributed by atoms with Crippen LogP contribution in [0.5, 0.6) is 0 Å². The van der Waals surface area contributed by atoms with Crippen molar-refractivity contribution < 1.29 is 24.9 Å². The summed E-state index contributed by atoms with van der Waals surface area (Å²) in [7, 11) is -0.598. The number of nitrogens with zero attached hydrogens (tertiary/aromatic N) is 4. The van der Waals surface area contributed by atoms with Crippen LogP contribution in [0, 0.1) is 0 Å². The molecular weight excluding hydrogens is 376 g/mol. The molecule has 1 aliphatic rings. The van der Waals surface area contributed by atoms with Crippen molar-refractivity contribution >= 4 is 33.8 Å². The van der Waals surface area contributed by atoms with Crippen LogP contribution in [0.15, 0.2) is 12.7 Å². The van der Waals surface area contributed by atoms with Crippen LogP contribution in [-0.2, 0) is 20.4 Å². The van der Waals surface area contributed by atoms with Crippen LogP contribution in [0.2, 0.25) is 0 Å². The fourth-order valence-corrected chi connectivity index (χ4v) is 4.54. The maximum absolute atomic E-state index is 10.8. The van der Waals surface area contributed by atoms with Crippen LogP contribution < -0.4 is 11.5 Å². The molecule has 27 heavy (non-hydrogen) atoms. The van der Waals surface area contributed by atoms with Crippen molar-refractivity contribution in [2.45, 2.75) is 42.8 Å². The number of nitrogen functional groups attached to an aromatic ring is 1. The summed E-state index contributed by atoms with van der Waals surface area (Å²) in [6.07, 6.45) is 2.87. The first-order valence-corrected chi connectivity index (χ1v) is 10.2. The molecule has 2 aromatic rings. The van der Waals surface area contributed by atoms with E-state index >= 15 is 0 Å². The molecule has 0 spiro atoms. The third-order valence-electron chi connectivity index (χ3n) is 4.60. The molecule has 6 atom stereocenters. The largest absolute Gasteiger partial charge is 0.480 e. The van der Waals surface area contributed by atoms with Gasteiger partial charge in [0.1, 0.15) is 36.1 Å². The lowest BCUT2D eigenvalue weighted by Crippen LogP contribution is -2.42. The number of aromatic nitrogens is 4. The lowest BCUT2D eigenvalue weighted by atomic mass is 10.2. The zero-order chi connectivity index (χ0) is 19.7. The van der Waals surface area contributed by atoms with Crippen molar-refractivity contribution in [1.82, 2.24) is 19.5 Å². The first-order chi connectivity index (χ1) is 12.8. The Labute approximate surface area is 157 Å². The maximum Gasteiger partial charge on any atom is 0.320 e. The molecule has 3 heterocycles. The van der Waals surface area contributed by atoms with Crippen molar-refractivity contribution in [3.05, 3.63) is 12.7 Å². The van der Waals surface area contributed by atoms with E-state index in [0.29, 0.717) is 16.9 Å². The van der Waals surface area contributed by atoms with Gasteiger partial charge in [-0.3, -0.25) is 9.36 Å². The summed E-state index contributed by atoms with van der Waals surface area (Å²) < 4.78 is 7.53. The lowest BCUT2D eigenvalue weighted by Gasteiger charge is -2.20. The zero-order valence-electron chi connectivity index (χ0n) is 14.7. The number of aliphatic carboxylic acids is 1. The first-order valence-electron chi connectivity index (χ1n) is 8.34. The van der Waals surface area contributed by atoms with Gasteiger partial charge in [0.2, 0.25) is 5.44 Å². The monoisotopic (exact) mass is 399 g/mol. The summed E-state index contributed by atoms with van der Waals surface area (Å²) in [5.41, 5.74) is 11.3. The number of anilines is 1. The fraction of sp³-hybridized carbons (Fsp3) is 0.600. The number of rotatable bonds is 7. The van der Waals surface area contributed by atoms with E-state index in [-0.39, 0.29) is 18.7 Å². The number of imidazole rings is 1. The Kier molecular flexibility index (Phi) is 5.81. The number of fused-ring (bicyclic) bond motifs is 1. The fourth-order valence-electron chi connectivity index (χ4n) is 2.97. The molecular formula is C15H23N6O5S+. The van der Waals surface area contributed by atoms with Crippen LogP contribution >= 0.6 is 0 Å². The van der Waals surface area contributed by atoms with Gasteiger partial charge in [0, 0.05) is 23.7 Å². The summed E-state index contributed by atoms with van der Waals surface area (Å²) in [5, 5.41) is 29.8. The Morgan fingerprint density at radius 3 is 2.93 bits per heavy atom. The molecule has 2 unspecified atom stereocenters. The highest BCUT2D eigenvalue weighted by Gasteiger charge is 2.46. The number of carbonyl (C=O) groups is 1. The van der Waals surface area contributed by atoms with E-state index in [4.69, 9.17) is 21.3 Å². The minimum Gasteiger partial charge on any atom is -0.480 e. The third-order valence-corrected chi connectivity index (χ3v) is 6.57. The van der Waals surface area contributed by atoms with Gasteiger partial charge in [0.25, 0.3) is 0 Å². The van der Waals surface area contributed by atoms with Gasteiger partial charge in [0.05, 0.1) is 12.4 Å². The van der Waals surface area contributed by atoms with Crippen LogP contribution in [0.1, 0.15) is 19.1 Å². The van der Waals surface area contributed by atoms with Crippen molar-refractivity contribution in [2.75, 3.05) is 17.7 Å². The van der Waals surface area contributed by atoms with Gasteiger partial charge >= 0.3 is 5.97 Å². The highest BCUT2D eigenvalue weighted by molar-refractivity contribution is 7.96. The normalized spacial score (nSPS) is 26.1. The average Bonchev–Trinajstić information content (AvgIpc) is 3.22. The van der Waals surface area contributed by atoms with E-state index in [0.717, 1.165) is 0 Å². The Morgan fingerprint density at radius 2 is 2.22 bits per heavy atom. The molecule has 1 fully saturated rings. The zero-order valence-corrected chi connectivity index (χ0v) is 15.5. The van der Waals surface area contributed by atoms with Gasteiger partial charge in [-0.25, -0.2) is 15.0 Å². The molecule has 11 nitrogen and oxygen atoms in total. The highest BCUT2D eigenvalue weighted by atomic mass is 32.2. The molecule has 0 aromatic carbocycles. The Bertz CT molecular complexity index is 819. The molecule has 0 bridgehead atoms. The van der Waals surface area contributed by atoms with Crippen LogP contribution in [0.3, 0.4) is 0 Å². The molecule has 7 N–H and O–H groups in total. The van der Waals surface area contributed by atoms with Crippen molar-refractivity contribution in [3.63, 3.8) is 0 Å². The molecule has 0 aliphatic carbocycles. The van der Waals surface area contributed by atoms with E-state index < -0.39 is 46.8 Å². The van der Waals surface area contributed by atoms with Crippen LogP contribution in [0.4, 0.5) is 5.82 Å². The number of carboxylic acid groups (broad SMARTS) is 1. The number of nitrogens with two attached hydrogens (primary N) is 2. The summed E-state index contributed by atoms with van der Waals surface area (Å²) in [6, 6.07) is -0.975. The van der Waals surface area contributed by atoms with E-state index in [9.17, 15) is 15.0 Å². The minimum absolute atomic E-state index is 0.237. The van der Waals surface area contributed by atoms with Gasteiger partial charge < -0.3 is 31.5 Å². The number of aliphatic hydroxyl groups is 2. The number of aliphatic hydroxyl groups excluding tert-OH is 2. The third kappa shape index (κ3) is 3.99. The molecule has 1 saturated heterocycles.